The van der Waals surface area contributed by atoms with Crippen LogP contribution < -0.4 is 10.1 Å². The van der Waals surface area contributed by atoms with Gasteiger partial charge in [-0.3, -0.25) is 0 Å². The molecule has 0 aliphatic rings. The molecule has 1 unspecified atom stereocenters. The summed E-state index contributed by atoms with van der Waals surface area (Å²) in [5, 5.41) is 3.37. The van der Waals surface area contributed by atoms with E-state index in [1.54, 1.807) is 14.2 Å². The zero-order chi connectivity index (χ0) is 11.1. The average Bonchev–Trinajstić information content (AvgIpc) is 2.27. The van der Waals surface area contributed by atoms with Gasteiger partial charge in [-0.05, 0) is 24.6 Å². The number of benzene rings is 1. The van der Waals surface area contributed by atoms with Gasteiger partial charge in [0.05, 0.1) is 13.7 Å². The van der Waals surface area contributed by atoms with Crippen molar-refractivity contribution in [3.63, 3.8) is 0 Å². The van der Waals surface area contributed by atoms with Crippen LogP contribution in [0.4, 0.5) is 0 Å². The Morgan fingerprint density at radius 2 is 2.13 bits per heavy atom. The lowest BCUT2D eigenvalue weighted by molar-refractivity contribution is 0.171. The molecule has 0 saturated heterocycles. The summed E-state index contributed by atoms with van der Waals surface area (Å²) < 4.78 is 10.2. The van der Waals surface area contributed by atoms with Crippen LogP contribution in [0, 0.1) is 0 Å². The minimum Gasteiger partial charge on any atom is -0.497 e. The third kappa shape index (κ3) is 4.32. The van der Waals surface area contributed by atoms with E-state index in [2.05, 4.69) is 18.3 Å². The first-order valence-electron chi connectivity index (χ1n) is 5.11. The Hall–Kier alpha value is -1.06. The summed E-state index contributed by atoms with van der Waals surface area (Å²) in [6.07, 6.45) is 0. The summed E-state index contributed by atoms with van der Waals surface area (Å²) in [6, 6.07) is 8.42. The van der Waals surface area contributed by atoms with Crippen molar-refractivity contribution in [3.05, 3.63) is 29.8 Å². The van der Waals surface area contributed by atoms with Crippen molar-refractivity contribution in [3.8, 4) is 5.75 Å². The molecule has 3 nitrogen and oxygen atoms in total. The van der Waals surface area contributed by atoms with Crippen LogP contribution in [0.25, 0.3) is 0 Å². The molecule has 0 aliphatic carbocycles. The van der Waals surface area contributed by atoms with Crippen molar-refractivity contribution in [2.45, 2.75) is 19.5 Å². The second-order valence-corrected chi connectivity index (χ2v) is 3.59. The highest BCUT2D eigenvalue weighted by Gasteiger charge is 2.00. The maximum absolute atomic E-state index is 5.16. The summed E-state index contributed by atoms with van der Waals surface area (Å²) in [4.78, 5) is 0. The van der Waals surface area contributed by atoms with Gasteiger partial charge in [0.15, 0.2) is 0 Å². The maximum Gasteiger partial charge on any atom is 0.119 e. The van der Waals surface area contributed by atoms with Gasteiger partial charge in [-0.25, -0.2) is 0 Å². The Morgan fingerprint density at radius 1 is 1.33 bits per heavy atom. The summed E-state index contributed by atoms with van der Waals surface area (Å²) >= 11 is 0. The van der Waals surface area contributed by atoms with E-state index >= 15 is 0 Å². The lowest BCUT2D eigenvalue weighted by atomic mass is 10.2. The van der Waals surface area contributed by atoms with Crippen molar-refractivity contribution in [2.24, 2.45) is 0 Å². The van der Waals surface area contributed by atoms with E-state index in [-0.39, 0.29) is 0 Å². The second kappa shape index (κ2) is 6.43. The average molecular weight is 209 g/mol. The number of rotatable bonds is 6. The van der Waals surface area contributed by atoms with Crippen molar-refractivity contribution in [1.29, 1.82) is 0 Å². The predicted octanol–water partition coefficient (Wildman–Crippen LogP) is 1.82. The maximum atomic E-state index is 5.16. The standard InChI is InChI=1S/C12H19NO2/c1-10(9-14-2)13-8-11-5-4-6-12(7-11)15-3/h4-7,10,13H,8-9H2,1-3H3. The smallest absolute Gasteiger partial charge is 0.119 e. The summed E-state index contributed by atoms with van der Waals surface area (Å²) in [6.45, 7) is 3.66. The quantitative estimate of drug-likeness (QED) is 0.775. The van der Waals surface area contributed by atoms with E-state index in [0.29, 0.717) is 6.04 Å². The van der Waals surface area contributed by atoms with Gasteiger partial charge in [0.1, 0.15) is 5.75 Å². The lowest BCUT2D eigenvalue weighted by Crippen LogP contribution is -2.29. The molecule has 1 rings (SSSR count). The van der Waals surface area contributed by atoms with Gasteiger partial charge in [-0.1, -0.05) is 12.1 Å². The fourth-order valence-corrected chi connectivity index (χ4v) is 1.38. The number of ether oxygens (including phenoxy) is 2. The van der Waals surface area contributed by atoms with Crippen LogP contribution in [0.5, 0.6) is 5.75 Å². The molecule has 0 saturated carbocycles. The minimum atomic E-state index is 0.362. The zero-order valence-corrected chi connectivity index (χ0v) is 9.62. The molecule has 0 amide bonds. The van der Waals surface area contributed by atoms with E-state index in [1.165, 1.54) is 5.56 Å². The van der Waals surface area contributed by atoms with Gasteiger partial charge in [-0.2, -0.15) is 0 Å². The van der Waals surface area contributed by atoms with Crippen molar-refractivity contribution >= 4 is 0 Å². The molecule has 3 heteroatoms. The zero-order valence-electron chi connectivity index (χ0n) is 9.62. The lowest BCUT2D eigenvalue weighted by Gasteiger charge is -2.12. The van der Waals surface area contributed by atoms with Crippen molar-refractivity contribution in [1.82, 2.24) is 5.32 Å². The van der Waals surface area contributed by atoms with E-state index in [4.69, 9.17) is 9.47 Å². The third-order valence-electron chi connectivity index (χ3n) is 2.21. The molecule has 15 heavy (non-hydrogen) atoms. The summed E-state index contributed by atoms with van der Waals surface area (Å²) in [5.74, 6) is 0.897. The van der Waals surface area contributed by atoms with E-state index in [1.807, 2.05) is 18.2 Å². The van der Waals surface area contributed by atoms with Gasteiger partial charge >= 0.3 is 0 Å². The van der Waals surface area contributed by atoms with Crippen LogP contribution in [0.1, 0.15) is 12.5 Å². The fraction of sp³-hybridized carbons (Fsp3) is 0.500. The minimum absolute atomic E-state index is 0.362. The largest absolute Gasteiger partial charge is 0.497 e. The molecule has 0 spiro atoms. The monoisotopic (exact) mass is 209 g/mol. The van der Waals surface area contributed by atoms with Gasteiger partial charge in [0.25, 0.3) is 0 Å². The van der Waals surface area contributed by atoms with Crippen LogP contribution in [-0.4, -0.2) is 26.9 Å². The molecule has 1 atom stereocenters. The topological polar surface area (TPSA) is 30.5 Å². The molecule has 1 aromatic carbocycles. The van der Waals surface area contributed by atoms with Crippen LogP contribution in [0.15, 0.2) is 24.3 Å². The van der Waals surface area contributed by atoms with E-state index in [9.17, 15) is 0 Å². The summed E-state index contributed by atoms with van der Waals surface area (Å²) in [5.41, 5.74) is 1.22. The van der Waals surface area contributed by atoms with Gasteiger partial charge in [0.2, 0.25) is 0 Å². The molecule has 1 aromatic rings. The molecule has 0 radical (unpaired) electrons. The normalized spacial score (nSPS) is 12.5. The highest BCUT2D eigenvalue weighted by Crippen LogP contribution is 2.12. The Morgan fingerprint density at radius 3 is 2.80 bits per heavy atom. The predicted molar refractivity (Wildman–Crippen MR) is 61.2 cm³/mol. The van der Waals surface area contributed by atoms with E-state index < -0.39 is 0 Å². The van der Waals surface area contributed by atoms with Gasteiger partial charge in [-0.15, -0.1) is 0 Å². The molecule has 0 fully saturated rings. The van der Waals surface area contributed by atoms with Crippen molar-refractivity contribution < 1.29 is 9.47 Å². The third-order valence-corrected chi connectivity index (χ3v) is 2.21. The first-order chi connectivity index (χ1) is 7.26. The van der Waals surface area contributed by atoms with Gasteiger partial charge < -0.3 is 14.8 Å². The van der Waals surface area contributed by atoms with E-state index in [0.717, 1.165) is 18.9 Å². The highest BCUT2D eigenvalue weighted by molar-refractivity contribution is 5.28. The number of hydrogen-bond donors (Lipinski definition) is 1. The fourth-order valence-electron chi connectivity index (χ4n) is 1.38. The molecule has 84 valence electrons. The Bertz CT molecular complexity index is 289. The molecule has 1 N–H and O–H groups in total. The second-order valence-electron chi connectivity index (χ2n) is 3.59. The van der Waals surface area contributed by atoms with Crippen molar-refractivity contribution in [2.75, 3.05) is 20.8 Å². The summed E-state index contributed by atoms with van der Waals surface area (Å²) in [7, 11) is 3.39. The van der Waals surface area contributed by atoms with Crippen LogP contribution in [-0.2, 0) is 11.3 Å². The number of nitrogens with one attached hydrogen (secondary N) is 1. The highest BCUT2D eigenvalue weighted by atomic mass is 16.5. The first kappa shape index (κ1) is 12.0. The molecular formula is C12H19NO2. The van der Waals surface area contributed by atoms with Gasteiger partial charge in [0, 0.05) is 19.7 Å². The molecule has 0 aliphatic heterocycles. The Balaban J connectivity index is 2.43. The van der Waals surface area contributed by atoms with Crippen LogP contribution in [0.2, 0.25) is 0 Å². The first-order valence-corrected chi connectivity index (χ1v) is 5.11. The molecule has 0 aromatic heterocycles. The SMILES string of the molecule is COCC(C)NCc1cccc(OC)c1. The number of methoxy groups -OCH3 is 2. The Labute approximate surface area is 91.4 Å². The molecule has 0 heterocycles. The van der Waals surface area contributed by atoms with Crippen LogP contribution in [0.3, 0.4) is 0 Å². The molecule has 0 bridgehead atoms. The number of hydrogen-bond acceptors (Lipinski definition) is 3. The van der Waals surface area contributed by atoms with Crippen LogP contribution >= 0.6 is 0 Å². The molecular weight excluding hydrogens is 190 g/mol. The Kier molecular flexibility index (Phi) is 5.15.